The first-order chi connectivity index (χ1) is 14.8. The third kappa shape index (κ3) is 15.6. The third-order valence-electron chi connectivity index (χ3n) is 6.34. The Labute approximate surface area is 205 Å². The number of hydrogen-bond donors (Lipinski definition) is 1. The molecule has 1 aromatic rings. The molecule has 0 amide bonds. The molecule has 0 spiro atoms. The molecule has 0 atom stereocenters. The molecule has 0 bridgehead atoms. The fraction of sp³-hybridized carbons (Fsp3) is 0.655. The minimum Gasteiger partial charge on any atom is -0.307 e. The molecule has 0 saturated heterocycles. The van der Waals surface area contributed by atoms with Gasteiger partial charge in [-0.1, -0.05) is 133 Å². The van der Waals surface area contributed by atoms with Crippen LogP contribution in [-0.2, 0) is 6.54 Å². The second-order valence-electron chi connectivity index (χ2n) is 9.10. The number of unbranched alkanes of at least 4 members (excludes halogenated alkanes) is 12. The van der Waals surface area contributed by atoms with Gasteiger partial charge in [-0.2, -0.15) is 0 Å². The van der Waals surface area contributed by atoms with Crippen molar-refractivity contribution in [2.24, 2.45) is 0 Å². The van der Waals surface area contributed by atoms with Gasteiger partial charge in [0.05, 0.1) is 0 Å². The lowest BCUT2D eigenvalue weighted by Crippen LogP contribution is -2.44. The average Bonchev–Trinajstić information content (AvgIpc) is 2.76. The minimum atomic E-state index is 0. The van der Waals surface area contributed by atoms with Crippen molar-refractivity contribution in [3.8, 4) is 0 Å². The molecule has 0 radical (unpaired) electrons. The third-order valence-corrected chi connectivity index (χ3v) is 6.34. The van der Waals surface area contributed by atoms with E-state index in [9.17, 15) is 0 Å². The van der Waals surface area contributed by atoms with Crippen LogP contribution in [0.25, 0.3) is 0 Å². The maximum Gasteiger partial charge on any atom is 0.0253 e. The van der Waals surface area contributed by atoms with Gasteiger partial charge >= 0.3 is 0 Å². The van der Waals surface area contributed by atoms with Gasteiger partial charge in [0.25, 0.3) is 0 Å². The first-order valence-corrected chi connectivity index (χ1v) is 12.8. The zero-order chi connectivity index (χ0) is 21.8. The fourth-order valence-electron chi connectivity index (χ4n) is 4.44. The lowest BCUT2D eigenvalue weighted by Gasteiger charge is -2.34. The Morgan fingerprint density at radius 2 is 1.16 bits per heavy atom. The molecule has 0 aliphatic carbocycles. The van der Waals surface area contributed by atoms with Gasteiger partial charge in [0, 0.05) is 12.1 Å². The molecule has 0 saturated carbocycles. The Kier molecular flexibility index (Phi) is 20.4. The lowest BCUT2D eigenvalue weighted by molar-refractivity contribution is 0.292. The minimum absolute atomic E-state index is 0. The van der Waals surface area contributed by atoms with Crippen molar-refractivity contribution in [2.45, 2.75) is 122 Å². The summed E-state index contributed by atoms with van der Waals surface area (Å²) in [5.41, 5.74) is 1.46. The molecule has 1 nitrogen and oxygen atoms in total. The van der Waals surface area contributed by atoms with E-state index in [1.807, 2.05) is 0 Å². The highest BCUT2D eigenvalue weighted by molar-refractivity contribution is 8.93. The van der Waals surface area contributed by atoms with E-state index in [1.54, 1.807) is 0 Å². The molecule has 1 aromatic carbocycles. The summed E-state index contributed by atoms with van der Waals surface area (Å²) < 4.78 is 0. The topological polar surface area (TPSA) is 12.0 Å². The predicted molar refractivity (Wildman–Crippen MR) is 146 cm³/mol. The van der Waals surface area contributed by atoms with E-state index in [-0.39, 0.29) is 22.5 Å². The Morgan fingerprint density at radius 1 is 0.710 bits per heavy atom. The zero-order valence-corrected chi connectivity index (χ0v) is 22.1. The van der Waals surface area contributed by atoms with Crippen LogP contribution in [-0.4, -0.2) is 5.54 Å². The molecule has 1 N–H and O–H groups in total. The predicted octanol–water partition coefficient (Wildman–Crippen LogP) is 9.73. The summed E-state index contributed by atoms with van der Waals surface area (Å²) in [5.74, 6) is 0. The van der Waals surface area contributed by atoms with E-state index in [2.05, 4.69) is 67.9 Å². The van der Waals surface area contributed by atoms with Crippen LogP contribution in [0.4, 0.5) is 0 Å². The summed E-state index contributed by atoms with van der Waals surface area (Å²) in [6.07, 6.45) is 25.6. The molecule has 31 heavy (non-hydrogen) atoms. The first kappa shape index (κ1) is 30.1. The van der Waals surface area contributed by atoms with Crippen LogP contribution >= 0.6 is 17.0 Å². The van der Waals surface area contributed by atoms with Crippen LogP contribution in [0.5, 0.6) is 0 Å². The molecule has 178 valence electrons. The van der Waals surface area contributed by atoms with Crippen LogP contribution in [0.1, 0.15) is 115 Å². The average molecular weight is 493 g/mol. The van der Waals surface area contributed by atoms with E-state index in [1.165, 1.54) is 95.5 Å². The second kappa shape index (κ2) is 21.0. The van der Waals surface area contributed by atoms with E-state index in [0.717, 1.165) is 19.4 Å². The molecule has 0 unspecified atom stereocenters. The molecule has 2 heteroatoms. The SMILES string of the molecule is Br.C=CCC(CC=C)(CCCCCCCCCCCCCCC)NCc1ccccc1. The Morgan fingerprint density at radius 3 is 1.61 bits per heavy atom. The van der Waals surface area contributed by atoms with E-state index >= 15 is 0 Å². The molecular weight excluding hydrogens is 442 g/mol. The van der Waals surface area contributed by atoms with Crippen molar-refractivity contribution < 1.29 is 0 Å². The first-order valence-electron chi connectivity index (χ1n) is 12.8. The largest absolute Gasteiger partial charge is 0.307 e. The number of benzene rings is 1. The van der Waals surface area contributed by atoms with Gasteiger partial charge < -0.3 is 5.32 Å². The Balaban J connectivity index is 0.00000900. The Hall–Kier alpha value is -0.860. The maximum atomic E-state index is 4.02. The summed E-state index contributed by atoms with van der Waals surface area (Å²) in [6, 6.07) is 10.7. The van der Waals surface area contributed by atoms with Gasteiger partial charge in [-0.15, -0.1) is 30.1 Å². The van der Waals surface area contributed by atoms with Gasteiger partial charge in [-0.3, -0.25) is 0 Å². The van der Waals surface area contributed by atoms with Crippen molar-refractivity contribution in [3.05, 3.63) is 61.2 Å². The summed E-state index contributed by atoms with van der Waals surface area (Å²) in [6.45, 7) is 11.3. The second-order valence-corrected chi connectivity index (χ2v) is 9.10. The molecule has 0 aliphatic heterocycles. The van der Waals surface area contributed by atoms with Gasteiger partial charge in [0.15, 0.2) is 0 Å². The summed E-state index contributed by atoms with van der Waals surface area (Å²) in [7, 11) is 0. The monoisotopic (exact) mass is 491 g/mol. The molecule has 1 rings (SSSR count). The smallest absolute Gasteiger partial charge is 0.0253 e. The number of halogens is 1. The zero-order valence-electron chi connectivity index (χ0n) is 20.4. The summed E-state index contributed by atoms with van der Waals surface area (Å²) in [4.78, 5) is 0. The van der Waals surface area contributed by atoms with Crippen LogP contribution in [0, 0.1) is 0 Å². The molecule has 0 aliphatic rings. The van der Waals surface area contributed by atoms with Gasteiger partial charge in [0.1, 0.15) is 0 Å². The molecular formula is C29H50BrN. The van der Waals surface area contributed by atoms with Crippen molar-refractivity contribution in [2.75, 3.05) is 0 Å². The highest BCUT2D eigenvalue weighted by atomic mass is 79.9. The lowest BCUT2D eigenvalue weighted by atomic mass is 9.85. The standard InChI is InChI=1S/C29H49N.BrH/c1-4-7-8-9-10-11-12-13-14-15-16-17-21-26-29(24-5-2,25-6-3)30-27-28-22-19-18-20-23-28;/h5-6,18-20,22-23,30H,2-4,7-17,21,24-27H2,1H3;1H. The van der Waals surface area contributed by atoms with Gasteiger partial charge in [0.2, 0.25) is 0 Å². The molecule has 0 heterocycles. The quantitative estimate of drug-likeness (QED) is 0.133. The highest BCUT2D eigenvalue weighted by Gasteiger charge is 2.26. The van der Waals surface area contributed by atoms with Crippen LogP contribution in [0.3, 0.4) is 0 Å². The van der Waals surface area contributed by atoms with Crippen molar-refractivity contribution in [1.82, 2.24) is 5.32 Å². The summed E-state index contributed by atoms with van der Waals surface area (Å²) in [5, 5.41) is 3.85. The molecule has 0 aromatic heterocycles. The molecule has 0 fully saturated rings. The Bertz CT molecular complexity index is 515. The van der Waals surface area contributed by atoms with Crippen molar-refractivity contribution >= 4 is 17.0 Å². The fourth-order valence-corrected chi connectivity index (χ4v) is 4.44. The normalized spacial score (nSPS) is 11.1. The van der Waals surface area contributed by atoms with E-state index in [4.69, 9.17) is 0 Å². The van der Waals surface area contributed by atoms with Crippen molar-refractivity contribution in [3.63, 3.8) is 0 Å². The highest BCUT2D eigenvalue weighted by Crippen LogP contribution is 2.26. The number of hydrogen-bond acceptors (Lipinski definition) is 1. The van der Waals surface area contributed by atoms with Crippen LogP contribution < -0.4 is 5.32 Å². The van der Waals surface area contributed by atoms with E-state index < -0.39 is 0 Å². The van der Waals surface area contributed by atoms with Gasteiger partial charge in [-0.25, -0.2) is 0 Å². The summed E-state index contributed by atoms with van der Waals surface area (Å²) >= 11 is 0. The van der Waals surface area contributed by atoms with Crippen LogP contribution in [0.15, 0.2) is 55.6 Å². The number of nitrogens with one attached hydrogen (secondary N) is 1. The number of rotatable bonds is 21. The maximum absolute atomic E-state index is 4.02. The van der Waals surface area contributed by atoms with Crippen LogP contribution in [0.2, 0.25) is 0 Å². The van der Waals surface area contributed by atoms with Gasteiger partial charge in [-0.05, 0) is 24.8 Å². The van der Waals surface area contributed by atoms with Crippen molar-refractivity contribution in [1.29, 1.82) is 0 Å². The van der Waals surface area contributed by atoms with E-state index in [0.29, 0.717) is 0 Å².